The van der Waals surface area contributed by atoms with Crippen LogP contribution < -0.4 is 0 Å². The van der Waals surface area contributed by atoms with Crippen molar-refractivity contribution < 1.29 is 9.31 Å². The largest absolute Gasteiger partial charge is 0.462 e. The Morgan fingerprint density at radius 2 is 1.95 bits per heavy atom. The van der Waals surface area contributed by atoms with Gasteiger partial charge in [0, 0.05) is 6.32 Å². The minimum absolute atomic E-state index is 0.0773. The van der Waals surface area contributed by atoms with Gasteiger partial charge in [-0.05, 0) is 62.0 Å². The molecular weight excluding hydrogens is 271 g/mol. The number of hydrogen-bond donors (Lipinski definition) is 0. The molecule has 1 unspecified atom stereocenters. The van der Waals surface area contributed by atoms with Crippen LogP contribution in [0.15, 0.2) is 18.2 Å². The maximum absolute atomic E-state index is 6.51. The van der Waals surface area contributed by atoms with Crippen molar-refractivity contribution >= 4 is 7.12 Å². The van der Waals surface area contributed by atoms with E-state index >= 15 is 0 Å². The average molecular weight is 298 g/mol. The molecule has 5 rings (SSSR count). The van der Waals surface area contributed by atoms with Crippen LogP contribution in [-0.2, 0) is 15.6 Å². The molecule has 3 heteroatoms. The Morgan fingerprint density at radius 3 is 2.64 bits per heavy atom. The molecule has 3 aliphatic carbocycles. The van der Waals surface area contributed by atoms with E-state index in [1.165, 1.54) is 29.5 Å². The third-order valence-electron chi connectivity index (χ3n) is 6.89. The Hall–Kier alpha value is -0.795. The van der Waals surface area contributed by atoms with Crippen molar-refractivity contribution in [3.63, 3.8) is 0 Å². The van der Waals surface area contributed by atoms with Gasteiger partial charge >= 0.3 is 7.12 Å². The normalized spacial score (nSPS) is 38.6. The highest BCUT2D eigenvalue weighted by Crippen LogP contribution is 2.65. The van der Waals surface area contributed by atoms with E-state index in [1.807, 2.05) is 0 Å². The van der Waals surface area contributed by atoms with E-state index in [0.29, 0.717) is 17.4 Å². The Morgan fingerprint density at radius 1 is 1.18 bits per heavy atom. The van der Waals surface area contributed by atoms with E-state index in [0.717, 1.165) is 12.2 Å². The summed E-state index contributed by atoms with van der Waals surface area (Å²) in [4.78, 5) is 0. The molecule has 2 nitrogen and oxygen atoms in total. The molecule has 22 heavy (non-hydrogen) atoms. The van der Waals surface area contributed by atoms with Crippen molar-refractivity contribution in [3.8, 4) is 0 Å². The molecule has 2 bridgehead atoms. The molecule has 3 saturated carbocycles. The Bertz CT molecular complexity index is 611. The minimum atomic E-state index is -0.0818. The van der Waals surface area contributed by atoms with Crippen molar-refractivity contribution in [2.45, 2.75) is 65.5 Å². The molecule has 0 aromatic heterocycles. The standard InChI is InChI=1S/C19H27BO2/c1-12-6-7-14(13(2)8-12)11-20-21-17-10-15-9-16(18(15,3)4)19(17,5)22-20/h6-8,15-17H,9-11H2,1-5H3/t15?,16-,17+,19-/m0/s1. The van der Waals surface area contributed by atoms with Gasteiger partial charge in [-0.25, -0.2) is 0 Å². The van der Waals surface area contributed by atoms with Gasteiger partial charge in [0.1, 0.15) is 0 Å². The zero-order valence-electron chi connectivity index (χ0n) is 14.5. The topological polar surface area (TPSA) is 18.5 Å². The van der Waals surface area contributed by atoms with Crippen LogP contribution in [0.5, 0.6) is 0 Å². The van der Waals surface area contributed by atoms with E-state index in [9.17, 15) is 0 Å². The molecule has 1 heterocycles. The second kappa shape index (κ2) is 4.61. The molecule has 0 spiro atoms. The number of rotatable bonds is 2. The smallest absolute Gasteiger partial charge is 0.405 e. The fourth-order valence-corrected chi connectivity index (χ4v) is 5.29. The molecule has 4 aliphatic rings. The number of aryl methyl sites for hydroxylation is 2. The van der Waals surface area contributed by atoms with Crippen molar-refractivity contribution in [2.75, 3.05) is 0 Å². The van der Waals surface area contributed by atoms with Crippen molar-refractivity contribution in [3.05, 3.63) is 34.9 Å². The lowest BCUT2D eigenvalue weighted by Gasteiger charge is -2.64. The molecule has 4 fully saturated rings. The Balaban J connectivity index is 1.53. The molecule has 0 radical (unpaired) electrons. The predicted molar refractivity (Wildman–Crippen MR) is 89.7 cm³/mol. The molecule has 0 N–H and O–H groups in total. The maximum Gasteiger partial charge on any atom is 0.462 e. The first-order chi connectivity index (χ1) is 10.3. The van der Waals surface area contributed by atoms with Crippen LogP contribution in [0.4, 0.5) is 0 Å². The summed E-state index contributed by atoms with van der Waals surface area (Å²) in [5.74, 6) is 1.46. The summed E-state index contributed by atoms with van der Waals surface area (Å²) in [7, 11) is -0.0773. The van der Waals surface area contributed by atoms with Crippen LogP contribution in [0.3, 0.4) is 0 Å². The first-order valence-electron chi connectivity index (χ1n) is 8.70. The zero-order chi connectivity index (χ0) is 15.7. The summed E-state index contributed by atoms with van der Waals surface area (Å²) in [6.07, 6.45) is 3.65. The molecule has 1 aliphatic heterocycles. The van der Waals surface area contributed by atoms with E-state index < -0.39 is 0 Å². The number of hydrogen-bond acceptors (Lipinski definition) is 2. The SMILES string of the molecule is Cc1ccc(CB2O[C@@H]3CC4C[C@@H](C4(C)C)[C@]3(C)O2)c(C)c1. The summed E-state index contributed by atoms with van der Waals surface area (Å²) in [5.41, 5.74) is 4.35. The predicted octanol–water partition coefficient (Wildman–Crippen LogP) is 4.11. The molecule has 4 atom stereocenters. The molecule has 0 amide bonds. The van der Waals surface area contributed by atoms with Crippen LogP contribution in [0.2, 0.25) is 0 Å². The summed E-state index contributed by atoms with van der Waals surface area (Å²) in [6, 6.07) is 6.66. The van der Waals surface area contributed by atoms with Gasteiger partial charge in [0.25, 0.3) is 0 Å². The van der Waals surface area contributed by atoms with Crippen molar-refractivity contribution in [1.82, 2.24) is 0 Å². The maximum atomic E-state index is 6.51. The third kappa shape index (κ3) is 1.95. The molecule has 118 valence electrons. The Kier molecular flexibility index (Phi) is 3.10. The molecule has 1 aromatic rings. The van der Waals surface area contributed by atoms with Crippen LogP contribution in [-0.4, -0.2) is 18.8 Å². The minimum Gasteiger partial charge on any atom is -0.405 e. The summed E-state index contributed by atoms with van der Waals surface area (Å²) in [5, 5.41) is 0. The molecule has 1 aromatic carbocycles. The highest BCUT2D eigenvalue weighted by atomic mass is 16.7. The summed E-state index contributed by atoms with van der Waals surface area (Å²) < 4.78 is 12.8. The lowest BCUT2D eigenvalue weighted by Crippen LogP contribution is -2.65. The average Bonchev–Trinajstić information content (AvgIpc) is 2.77. The van der Waals surface area contributed by atoms with Gasteiger partial charge in [0.05, 0.1) is 11.7 Å². The molecular formula is C19H27BO2. The van der Waals surface area contributed by atoms with Gasteiger partial charge in [-0.1, -0.05) is 37.6 Å². The van der Waals surface area contributed by atoms with Crippen molar-refractivity contribution in [2.24, 2.45) is 17.3 Å². The Labute approximate surface area is 134 Å². The second-order valence-electron chi connectivity index (χ2n) is 8.53. The van der Waals surface area contributed by atoms with Gasteiger partial charge in [0.15, 0.2) is 0 Å². The highest BCUT2D eigenvalue weighted by Gasteiger charge is 2.67. The quantitative estimate of drug-likeness (QED) is 0.765. The first kappa shape index (κ1) is 14.8. The van der Waals surface area contributed by atoms with Gasteiger partial charge in [0.2, 0.25) is 0 Å². The highest BCUT2D eigenvalue weighted by molar-refractivity contribution is 6.44. The zero-order valence-corrected chi connectivity index (χ0v) is 14.5. The van der Waals surface area contributed by atoms with Crippen LogP contribution in [0, 0.1) is 31.1 Å². The number of benzene rings is 1. The fourth-order valence-electron chi connectivity index (χ4n) is 5.29. The van der Waals surface area contributed by atoms with Gasteiger partial charge in [-0.2, -0.15) is 0 Å². The summed E-state index contributed by atoms with van der Waals surface area (Å²) >= 11 is 0. The van der Waals surface area contributed by atoms with Gasteiger partial charge in [-0.3, -0.25) is 0 Å². The lowest BCUT2D eigenvalue weighted by atomic mass is 9.43. The van der Waals surface area contributed by atoms with Crippen molar-refractivity contribution in [1.29, 1.82) is 0 Å². The first-order valence-corrected chi connectivity index (χ1v) is 8.70. The van der Waals surface area contributed by atoms with Gasteiger partial charge < -0.3 is 9.31 Å². The summed E-state index contributed by atoms with van der Waals surface area (Å²) in [6.45, 7) is 11.4. The molecule has 1 saturated heterocycles. The van der Waals surface area contributed by atoms with Gasteiger partial charge in [-0.15, -0.1) is 0 Å². The van der Waals surface area contributed by atoms with E-state index in [-0.39, 0.29) is 12.7 Å². The van der Waals surface area contributed by atoms with E-state index in [2.05, 4.69) is 52.8 Å². The lowest BCUT2D eigenvalue weighted by molar-refractivity contribution is -0.199. The van der Waals surface area contributed by atoms with Crippen LogP contribution in [0.25, 0.3) is 0 Å². The van der Waals surface area contributed by atoms with Crippen LogP contribution >= 0.6 is 0 Å². The van der Waals surface area contributed by atoms with E-state index in [4.69, 9.17) is 9.31 Å². The van der Waals surface area contributed by atoms with Crippen LogP contribution in [0.1, 0.15) is 50.3 Å². The third-order valence-corrected chi connectivity index (χ3v) is 6.89. The van der Waals surface area contributed by atoms with E-state index in [1.54, 1.807) is 0 Å². The second-order valence-corrected chi connectivity index (χ2v) is 8.53. The fraction of sp³-hybridized carbons (Fsp3) is 0.684. The monoisotopic (exact) mass is 298 g/mol.